The van der Waals surface area contributed by atoms with Crippen LogP contribution in [-0.2, 0) is 0 Å². The third kappa shape index (κ3) is 3.23. The van der Waals surface area contributed by atoms with Crippen LogP contribution in [0.2, 0.25) is 0 Å². The first kappa shape index (κ1) is 13.4. The molecule has 1 aromatic heterocycles. The van der Waals surface area contributed by atoms with Crippen molar-refractivity contribution in [1.82, 2.24) is 4.98 Å². The van der Waals surface area contributed by atoms with Crippen LogP contribution in [-0.4, -0.2) is 17.1 Å². The number of nitrogens with zero attached hydrogens (tertiary/aromatic N) is 1. The van der Waals surface area contributed by atoms with Crippen LogP contribution in [0.15, 0.2) is 47.6 Å². The van der Waals surface area contributed by atoms with Gasteiger partial charge in [-0.2, -0.15) is 0 Å². The van der Waals surface area contributed by atoms with Crippen LogP contribution in [0.3, 0.4) is 0 Å². The fraction of sp³-hybridized carbons (Fsp3) is 0.0769. The number of carbonyl (C=O) groups excluding carboxylic acids is 1. The number of carbonyl (C=O) groups is 1. The van der Waals surface area contributed by atoms with E-state index in [1.807, 2.05) is 30.5 Å². The number of hydrogen-bond acceptors (Lipinski definition) is 3. The summed E-state index contributed by atoms with van der Waals surface area (Å²) in [5.41, 5.74) is 1.39. The molecule has 1 amide bonds. The normalized spacial score (nSPS) is 10.1. The van der Waals surface area contributed by atoms with Crippen molar-refractivity contribution >= 4 is 45.9 Å². The Morgan fingerprint density at radius 2 is 2.00 bits per heavy atom. The summed E-state index contributed by atoms with van der Waals surface area (Å²) in [6, 6.07) is 11.2. The first-order valence-corrected chi connectivity index (χ1v) is 7.57. The first-order valence-electron chi connectivity index (χ1n) is 5.26. The van der Waals surface area contributed by atoms with Crippen molar-refractivity contribution in [2.75, 3.05) is 11.6 Å². The van der Waals surface area contributed by atoms with Crippen LogP contribution >= 0.6 is 34.4 Å². The average molecular weight is 370 g/mol. The summed E-state index contributed by atoms with van der Waals surface area (Å²) in [4.78, 5) is 16.3. The third-order valence-electron chi connectivity index (χ3n) is 2.31. The largest absolute Gasteiger partial charge is 0.322 e. The van der Waals surface area contributed by atoms with Crippen molar-refractivity contribution in [3.05, 3.63) is 51.7 Å². The molecule has 92 valence electrons. The molecule has 0 fully saturated rings. The number of amides is 1. The molecule has 0 atom stereocenters. The molecule has 0 spiro atoms. The molecule has 5 heteroatoms. The topological polar surface area (TPSA) is 42.0 Å². The van der Waals surface area contributed by atoms with Gasteiger partial charge in [-0.25, -0.2) is 4.98 Å². The Kier molecular flexibility index (Phi) is 4.60. The van der Waals surface area contributed by atoms with E-state index >= 15 is 0 Å². The third-order valence-corrected chi connectivity index (χ3v) is 3.74. The Bertz CT molecular complexity index is 557. The lowest BCUT2D eigenvalue weighted by Crippen LogP contribution is -2.13. The van der Waals surface area contributed by atoms with Gasteiger partial charge in [0.1, 0.15) is 5.03 Å². The number of hydrogen-bond donors (Lipinski definition) is 1. The number of nitrogens with one attached hydrogen (secondary N) is 1. The minimum Gasteiger partial charge on any atom is -0.322 e. The minimum absolute atomic E-state index is 0.131. The second-order valence-corrected chi connectivity index (χ2v) is 5.56. The molecule has 0 aliphatic carbocycles. The maximum Gasteiger partial charge on any atom is 0.258 e. The van der Waals surface area contributed by atoms with Crippen molar-refractivity contribution in [3.8, 4) is 0 Å². The van der Waals surface area contributed by atoms with Gasteiger partial charge in [0.2, 0.25) is 0 Å². The molecule has 2 aromatic rings. The van der Waals surface area contributed by atoms with Gasteiger partial charge in [0.05, 0.1) is 5.56 Å². The van der Waals surface area contributed by atoms with Gasteiger partial charge in [-0.3, -0.25) is 4.79 Å². The Labute approximate surface area is 124 Å². The number of benzene rings is 1. The van der Waals surface area contributed by atoms with Crippen LogP contribution in [0.25, 0.3) is 0 Å². The molecule has 3 nitrogen and oxygen atoms in total. The van der Waals surface area contributed by atoms with E-state index in [0.29, 0.717) is 5.56 Å². The smallest absolute Gasteiger partial charge is 0.258 e. The van der Waals surface area contributed by atoms with Gasteiger partial charge >= 0.3 is 0 Å². The summed E-state index contributed by atoms with van der Waals surface area (Å²) in [6.07, 6.45) is 3.59. The predicted octanol–water partition coefficient (Wildman–Crippen LogP) is 3.66. The summed E-state index contributed by atoms with van der Waals surface area (Å²) >= 11 is 3.69. The van der Waals surface area contributed by atoms with E-state index < -0.39 is 0 Å². The standard InChI is InChI=1S/C13H11IN2OS/c1-18-13-11(3-2-8-15-13)12(17)16-10-6-4-9(14)5-7-10/h2-8H,1H3,(H,16,17). The number of anilines is 1. The molecule has 0 unspecified atom stereocenters. The van der Waals surface area contributed by atoms with E-state index in [1.165, 1.54) is 11.8 Å². The molecule has 0 radical (unpaired) electrons. The van der Waals surface area contributed by atoms with Crippen LogP contribution in [0.1, 0.15) is 10.4 Å². The Hall–Kier alpha value is -1.08. The minimum atomic E-state index is -0.131. The van der Waals surface area contributed by atoms with Gasteiger partial charge < -0.3 is 5.32 Å². The van der Waals surface area contributed by atoms with E-state index in [0.717, 1.165) is 14.3 Å². The van der Waals surface area contributed by atoms with Crippen LogP contribution in [0.4, 0.5) is 5.69 Å². The van der Waals surface area contributed by atoms with E-state index in [2.05, 4.69) is 32.9 Å². The summed E-state index contributed by atoms with van der Waals surface area (Å²) in [5, 5.41) is 3.60. The van der Waals surface area contributed by atoms with Gasteiger partial charge in [0, 0.05) is 15.5 Å². The Balaban J connectivity index is 2.19. The molecule has 1 N–H and O–H groups in total. The number of pyridine rings is 1. The van der Waals surface area contributed by atoms with E-state index in [-0.39, 0.29) is 5.91 Å². The summed E-state index contributed by atoms with van der Waals surface area (Å²) in [5.74, 6) is -0.131. The highest BCUT2D eigenvalue weighted by Crippen LogP contribution is 2.19. The van der Waals surface area contributed by atoms with Crippen LogP contribution in [0, 0.1) is 3.57 Å². The molecule has 2 rings (SSSR count). The van der Waals surface area contributed by atoms with Crippen molar-refractivity contribution in [3.63, 3.8) is 0 Å². The van der Waals surface area contributed by atoms with Gasteiger partial charge in [-0.05, 0) is 65.2 Å². The number of thioether (sulfide) groups is 1. The zero-order valence-electron chi connectivity index (χ0n) is 9.68. The molecule has 1 aromatic carbocycles. The molecule has 18 heavy (non-hydrogen) atoms. The number of aromatic nitrogens is 1. The molecular formula is C13H11IN2OS. The zero-order chi connectivity index (χ0) is 13.0. The van der Waals surface area contributed by atoms with Crippen molar-refractivity contribution in [2.45, 2.75) is 5.03 Å². The Morgan fingerprint density at radius 3 is 2.67 bits per heavy atom. The lowest BCUT2D eigenvalue weighted by atomic mass is 10.2. The van der Waals surface area contributed by atoms with Crippen molar-refractivity contribution < 1.29 is 4.79 Å². The molecule has 0 bridgehead atoms. The lowest BCUT2D eigenvalue weighted by molar-refractivity contribution is 0.102. The predicted molar refractivity (Wildman–Crippen MR) is 83.1 cm³/mol. The van der Waals surface area contributed by atoms with Gasteiger partial charge in [-0.1, -0.05) is 0 Å². The van der Waals surface area contributed by atoms with Gasteiger partial charge in [0.15, 0.2) is 0 Å². The fourth-order valence-electron chi connectivity index (χ4n) is 1.46. The lowest BCUT2D eigenvalue weighted by Gasteiger charge is -2.07. The first-order chi connectivity index (χ1) is 8.70. The second-order valence-electron chi connectivity index (χ2n) is 3.52. The molecule has 0 saturated carbocycles. The molecular weight excluding hydrogens is 359 g/mol. The van der Waals surface area contributed by atoms with Crippen LogP contribution < -0.4 is 5.32 Å². The maximum absolute atomic E-state index is 12.1. The zero-order valence-corrected chi connectivity index (χ0v) is 12.7. The summed E-state index contributed by atoms with van der Waals surface area (Å²) in [6.45, 7) is 0. The van der Waals surface area contributed by atoms with Crippen molar-refractivity contribution in [2.24, 2.45) is 0 Å². The SMILES string of the molecule is CSc1ncccc1C(=O)Nc1ccc(I)cc1. The van der Waals surface area contributed by atoms with Crippen molar-refractivity contribution in [1.29, 1.82) is 0 Å². The Morgan fingerprint density at radius 1 is 1.28 bits per heavy atom. The second kappa shape index (κ2) is 6.19. The summed E-state index contributed by atoms with van der Waals surface area (Å²) in [7, 11) is 0. The monoisotopic (exact) mass is 370 g/mol. The summed E-state index contributed by atoms with van der Waals surface area (Å²) < 4.78 is 1.14. The van der Waals surface area contributed by atoms with E-state index in [4.69, 9.17) is 0 Å². The van der Waals surface area contributed by atoms with E-state index in [9.17, 15) is 4.79 Å². The number of rotatable bonds is 3. The highest BCUT2D eigenvalue weighted by molar-refractivity contribution is 14.1. The average Bonchev–Trinajstić information content (AvgIpc) is 2.41. The maximum atomic E-state index is 12.1. The highest BCUT2D eigenvalue weighted by atomic mass is 127. The highest BCUT2D eigenvalue weighted by Gasteiger charge is 2.11. The molecule has 1 heterocycles. The van der Waals surface area contributed by atoms with Crippen LogP contribution in [0.5, 0.6) is 0 Å². The quantitative estimate of drug-likeness (QED) is 0.662. The van der Waals surface area contributed by atoms with E-state index in [1.54, 1.807) is 18.3 Å². The van der Waals surface area contributed by atoms with Gasteiger partial charge in [0.25, 0.3) is 5.91 Å². The fourth-order valence-corrected chi connectivity index (χ4v) is 2.36. The molecule has 0 saturated heterocycles. The molecule has 0 aliphatic rings. The van der Waals surface area contributed by atoms with Gasteiger partial charge in [-0.15, -0.1) is 11.8 Å². The number of halogens is 1. The molecule has 0 aliphatic heterocycles.